The average Bonchev–Trinajstić information content (AvgIpc) is 2.30. The molecule has 0 heterocycles. The number of halogens is 1. The predicted octanol–water partition coefficient (Wildman–Crippen LogP) is 1.41. The van der Waals surface area contributed by atoms with Gasteiger partial charge in [-0.3, -0.25) is 9.69 Å². The van der Waals surface area contributed by atoms with Crippen LogP contribution in [0.25, 0.3) is 0 Å². The number of carbonyl (C=O) groups excluding carboxylic acids is 1. The second kappa shape index (κ2) is 7.36. The molecule has 0 aromatic heterocycles. The average molecular weight is 270 g/mol. The van der Waals surface area contributed by atoms with Gasteiger partial charge in [0, 0.05) is 24.2 Å². The molecule has 0 fully saturated rings. The summed E-state index contributed by atoms with van der Waals surface area (Å²) in [6.07, 6.45) is 0. The Labute approximate surface area is 113 Å². The van der Waals surface area contributed by atoms with E-state index in [1.54, 1.807) is 0 Å². The van der Waals surface area contributed by atoms with Crippen molar-refractivity contribution in [3.8, 4) is 0 Å². The first kappa shape index (κ1) is 15.0. The number of nitrogens with two attached hydrogens (primary N) is 1. The summed E-state index contributed by atoms with van der Waals surface area (Å²) >= 11 is 5.97. The largest absolute Gasteiger partial charge is 0.355 e. The fraction of sp³-hybridized carbons (Fsp3) is 0.462. The van der Waals surface area contributed by atoms with Crippen molar-refractivity contribution in [2.75, 3.05) is 26.7 Å². The van der Waals surface area contributed by atoms with E-state index in [0.29, 0.717) is 24.7 Å². The minimum atomic E-state index is -0.00805. The molecule has 1 atom stereocenters. The quantitative estimate of drug-likeness (QED) is 0.821. The van der Waals surface area contributed by atoms with Gasteiger partial charge in [-0.05, 0) is 31.7 Å². The number of carbonyl (C=O) groups is 1. The van der Waals surface area contributed by atoms with Gasteiger partial charge >= 0.3 is 0 Å². The summed E-state index contributed by atoms with van der Waals surface area (Å²) in [7, 11) is 1.88. The van der Waals surface area contributed by atoms with Crippen LogP contribution in [0.3, 0.4) is 0 Å². The third-order valence-electron chi connectivity index (χ3n) is 2.76. The zero-order chi connectivity index (χ0) is 13.5. The summed E-state index contributed by atoms with van der Waals surface area (Å²) in [6, 6.07) is 7.56. The molecule has 1 aromatic rings. The monoisotopic (exact) mass is 269 g/mol. The van der Waals surface area contributed by atoms with Crippen molar-refractivity contribution in [3.05, 3.63) is 34.9 Å². The zero-order valence-electron chi connectivity index (χ0n) is 10.8. The second-order valence-electron chi connectivity index (χ2n) is 4.18. The number of likely N-dealkylation sites (N-methyl/N-ethyl adjacent to an activating group) is 2. The maximum Gasteiger partial charge on any atom is 0.234 e. The normalized spacial score (nSPS) is 12.5. The molecule has 0 spiro atoms. The Kier molecular flexibility index (Phi) is 6.12. The van der Waals surface area contributed by atoms with Crippen LogP contribution in [-0.4, -0.2) is 37.5 Å². The number of benzene rings is 1. The molecule has 3 N–H and O–H groups in total. The topological polar surface area (TPSA) is 58.4 Å². The molecule has 1 rings (SSSR count). The highest BCUT2D eigenvalue weighted by molar-refractivity contribution is 6.30. The maximum atomic E-state index is 11.6. The molecule has 1 aromatic carbocycles. The van der Waals surface area contributed by atoms with E-state index in [1.807, 2.05) is 43.1 Å². The summed E-state index contributed by atoms with van der Waals surface area (Å²) in [5.41, 5.74) is 6.81. The van der Waals surface area contributed by atoms with Gasteiger partial charge in [0.2, 0.25) is 5.91 Å². The Morgan fingerprint density at radius 2 is 2.28 bits per heavy atom. The van der Waals surface area contributed by atoms with E-state index in [1.165, 1.54) is 0 Å². The number of amides is 1. The fourth-order valence-electron chi connectivity index (χ4n) is 1.87. The lowest BCUT2D eigenvalue weighted by Crippen LogP contribution is -2.39. The smallest absolute Gasteiger partial charge is 0.234 e. The molecule has 0 aliphatic carbocycles. The highest BCUT2D eigenvalue weighted by Gasteiger charge is 2.17. The van der Waals surface area contributed by atoms with Crippen LogP contribution >= 0.6 is 11.6 Å². The molecule has 0 radical (unpaired) electrons. The van der Waals surface area contributed by atoms with Crippen molar-refractivity contribution < 1.29 is 4.79 Å². The van der Waals surface area contributed by atoms with Gasteiger partial charge < -0.3 is 11.1 Å². The van der Waals surface area contributed by atoms with Gasteiger partial charge in [-0.15, -0.1) is 0 Å². The second-order valence-corrected chi connectivity index (χ2v) is 4.61. The Morgan fingerprint density at radius 3 is 2.83 bits per heavy atom. The van der Waals surface area contributed by atoms with Crippen molar-refractivity contribution in [3.63, 3.8) is 0 Å². The Hall–Kier alpha value is -1.10. The van der Waals surface area contributed by atoms with Gasteiger partial charge in [0.1, 0.15) is 0 Å². The van der Waals surface area contributed by atoms with Crippen molar-refractivity contribution in [2.24, 2.45) is 5.73 Å². The van der Waals surface area contributed by atoms with E-state index in [-0.39, 0.29) is 11.9 Å². The van der Waals surface area contributed by atoms with Crippen molar-refractivity contribution >= 4 is 17.5 Å². The highest BCUT2D eigenvalue weighted by Crippen LogP contribution is 2.21. The lowest BCUT2D eigenvalue weighted by atomic mass is 10.1. The van der Waals surface area contributed by atoms with Gasteiger partial charge in [0.05, 0.1) is 6.54 Å². The highest BCUT2D eigenvalue weighted by atomic mass is 35.5. The third-order valence-corrected chi connectivity index (χ3v) is 2.99. The summed E-state index contributed by atoms with van der Waals surface area (Å²) in [4.78, 5) is 13.5. The molecule has 5 heteroatoms. The van der Waals surface area contributed by atoms with Crippen LogP contribution in [0.15, 0.2) is 24.3 Å². The summed E-state index contributed by atoms with van der Waals surface area (Å²) in [5.74, 6) is 0.000443. The summed E-state index contributed by atoms with van der Waals surface area (Å²) < 4.78 is 0. The minimum Gasteiger partial charge on any atom is -0.355 e. The van der Waals surface area contributed by atoms with Crippen molar-refractivity contribution in [1.82, 2.24) is 10.2 Å². The molecular formula is C13H20ClN3O. The Bertz CT molecular complexity index is 398. The van der Waals surface area contributed by atoms with Crippen LogP contribution in [0, 0.1) is 0 Å². The van der Waals surface area contributed by atoms with Crippen LogP contribution in [0.5, 0.6) is 0 Å². The molecule has 1 unspecified atom stereocenters. The number of nitrogens with zero attached hydrogens (tertiary/aromatic N) is 1. The van der Waals surface area contributed by atoms with E-state index in [0.717, 1.165) is 5.56 Å². The summed E-state index contributed by atoms with van der Waals surface area (Å²) in [5, 5.41) is 3.45. The Balaban J connectivity index is 2.73. The molecular weight excluding hydrogens is 250 g/mol. The van der Waals surface area contributed by atoms with Crippen LogP contribution in [0.2, 0.25) is 5.02 Å². The van der Waals surface area contributed by atoms with Gasteiger partial charge in [-0.25, -0.2) is 0 Å². The van der Waals surface area contributed by atoms with Gasteiger partial charge in [-0.1, -0.05) is 23.7 Å². The van der Waals surface area contributed by atoms with Crippen molar-refractivity contribution in [2.45, 2.75) is 13.0 Å². The van der Waals surface area contributed by atoms with E-state index >= 15 is 0 Å². The van der Waals surface area contributed by atoms with Gasteiger partial charge in [-0.2, -0.15) is 0 Å². The lowest BCUT2D eigenvalue weighted by molar-refractivity contribution is -0.122. The van der Waals surface area contributed by atoms with E-state index < -0.39 is 0 Å². The maximum absolute atomic E-state index is 11.6. The SMILES string of the molecule is CCNC(=O)CN(C)C(CN)c1cccc(Cl)c1. The van der Waals surface area contributed by atoms with Crippen molar-refractivity contribution in [1.29, 1.82) is 0 Å². The molecule has 100 valence electrons. The fourth-order valence-corrected chi connectivity index (χ4v) is 2.07. The van der Waals surface area contributed by atoms with Gasteiger partial charge in [0.15, 0.2) is 0 Å². The number of hydrogen-bond donors (Lipinski definition) is 2. The van der Waals surface area contributed by atoms with Crippen LogP contribution < -0.4 is 11.1 Å². The number of rotatable bonds is 6. The van der Waals surface area contributed by atoms with Crippen LogP contribution in [0.4, 0.5) is 0 Å². The number of hydrogen-bond acceptors (Lipinski definition) is 3. The van der Waals surface area contributed by atoms with E-state index in [2.05, 4.69) is 5.32 Å². The zero-order valence-corrected chi connectivity index (χ0v) is 11.6. The third kappa shape index (κ3) is 4.29. The standard InChI is InChI=1S/C13H20ClN3O/c1-3-16-13(18)9-17(2)12(8-15)10-5-4-6-11(14)7-10/h4-7,12H,3,8-9,15H2,1-2H3,(H,16,18). The summed E-state index contributed by atoms with van der Waals surface area (Å²) in [6.45, 7) is 3.30. The first-order valence-electron chi connectivity index (χ1n) is 6.01. The molecule has 4 nitrogen and oxygen atoms in total. The Morgan fingerprint density at radius 1 is 1.56 bits per heavy atom. The van der Waals surface area contributed by atoms with Crippen LogP contribution in [-0.2, 0) is 4.79 Å². The molecule has 0 bridgehead atoms. The molecule has 1 amide bonds. The molecule has 0 saturated heterocycles. The first-order valence-corrected chi connectivity index (χ1v) is 6.38. The lowest BCUT2D eigenvalue weighted by Gasteiger charge is -2.26. The molecule has 0 saturated carbocycles. The van der Waals surface area contributed by atoms with Crippen LogP contribution in [0.1, 0.15) is 18.5 Å². The van der Waals surface area contributed by atoms with E-state index in [4.69, 9.17) is 17.3 Å². The minimum absolute atomic E-state index is 0.000443. The number of nitrogens with one attached hydrogen (secondary N) is 1. The van der Waals surface area contributed by atoms with Gasteiger partial charge in [0.25, 0.3) is 0 Å². The molecule has 0 aliphatic heterocycles. The van der Waals surface area contributed by atoms with E-state index in [9.17, 15) is 4.79 Å². The molecule has 18 heavy (non-hydrogen) atoms. The predicted molar refractivity (Wildman–Crippen MR) is 74.6 cm³/mol. The molecule has 0 aliphatic rings. The first-order chi connectivity index (χ1) is 8.58.